The zero-order chi connectivity index (χ0) is 12.3. The van der Waals surface area contributed by atoms with Gasteiger partial charge in [0.15, 0.2) is 0 Å². The Morgan fingerprint density at radius 3 is 2.25 bits per heavy atom. The lowest BCUT2D eigenvalue weighted by Crippen LogP contribution is -2.32. The minimum atomic E-state index is -4.21. The highest BCUT2D eigenvalue weighted by Gasteiger charge is 2.30. The average Bonchev–Trinajstić information content (AvgIpc) is 2.19. The summed E-state index contributed by atoms with van der Waals surface area (Å²) in [5.74, 6) is 0. The van der Waals surface area contributed by atoms with Crippen molar-refractivity contribution in [2.75, 3.05) is 0 Å². The molecule has 16 heavy (non-hydrogen) atoms. The summed E-state index contributed by atoms with van der Waals surface area (Å²) in [6.45, 7) is 1.76. The molecule has 0 aliphatic carbocycles. The van der Waals surface area contributed by atoms with Crippen LogP contribution in [0.2, 0.25) is 5.02 Å². The Morgan fingerprint density at radius 1 is 1.38 bits per heavy atom. The summed E-state index contributed by atoms with van der Waals surface area (Å²) in [7, 11) is -4.21. The quantitative estimate of drug-likeness (QED) is 0.815. The Hall–Kier alpha value is -0.620. The third-order valence-electron chi connectivity index (χ3n) is 2.38. The molecule has 2 atom stereocenters. The summed E-state index contributed by atoms with van der Waals surface area (Å²) in [5.41, 5.74) is 6.15. The van der Waals surface area contributed by atoms with Gasteiger partial charge in [-0.2, -0.15) is 8.42 Å². The summed E-state index contributed by atoms with van der Waals surface area (Å²) in [5, 5.41) is -0.599. The van der Waals surface area contributed by atoms with Gasteiger partial charge < -0.3 is 5.73 Å². The molecule has 0 heterocycles. The van der Waals surface area contributed by atoms with Crippen LogP contribution >= 0.6 is 11.6 Å². The Kier molecular flexibility index (Phi) is 4.32. The van der Waals surface area contributed by atoms with Gasteiger partial charge >= 0.3 is 0 Å². The van der Waals surface area contributed by atoms with E-state index in [9.17, 15) is 8.42 Å². The molecule has 6 heteroatoms. The lowest BCUT2D eigenvalue weighted by atomic mass is 10.0. The molecule has 0 aliphatic heterocycles. The van der Waals surface area contributed by atoms with Crippen molar-refractivity contribution >= 4 is 21.7 Å². The first kappa shape index (κ1) is 13.4. The van der Waals surface area contributed by atoms with Crippen LogP contribution in [0.3, 0.4) is 0 Å². The van der Waals surface area contributed by atoms with Gasteiger partial charge in [-0.25, -0.2) is 0 Å². The fourth-order valence-corrected chi connectivity index (χ4v) is 2.77. The first-order valence-electron chi connectivity index (χ1n) is 4.83. The summed E-state index contributed by atoms with van der Waals surface area (Å²) in [4.78, 5) is 0. The lowest BCUT2D eigenvalue weighted by Gasteiger charge is -2.20. The Bertz CT molecular complexity index is 444. The van der Waals surface area contributed by atoms with E-state index >= 15 is 0 Å². The van der Waals surface area contributed by atoms with E-state index in [0.29, 0.717) is 17.0 Å². The van der Waals surface area contributed by atoms with Gasteiger partial charge in [0.1, 0.15) is 5.25 Å². The van der Waals surface area contributed by atoms with Gasteiger partial charge in [-0.15, -0.1) is 0 Å². The highest BCUT2D eigenvalue weighted by molar-refractivity contribution is 7.86. The minimum Gasteiger partial charge on any atom is -0.326 e. The van der Waals surface area contributed by atoms with E-state index in [4.69, 9.17) is 21.9 Å². The first-order valence-corrected chi connectivity index (χ1v) is 6.71. The third kappa shape index (κ3) is 3.18. The molecule has 0 bridgehead atoms. The van der Waals surface area contributed by atoms with Gasteiger partial charge in [-0.1, -0.05) is 30.7 Å². The number of benzene rings is 1. The maximum absolute atomic E-state index is 11.3. The summed E-state index contributed by atoms with van der Waals surface area (Å²) >= 11 is 5.70. The second-order valence-electron chi connectivity index (χ2n) is 3.56. The van der Waals surface area contributed by atoms with Gasteiger partial charge in [0.05, 0.1) is 0 Å². The standard InChI is InChI=1S/C10H14ClNO3S/c1-2-9(12)10(16(13,14)15)7-3-5-8(11)6-4-7/h3-6,9-10H,2,12H2,1H3,(H,13,14,15)/t9-,10-/m1/s1. The molecular weight excluding hydrogens is 250 g/mol. The van der Waals surface area contributed by atoms with Gasteiger partial charge in [-0.05, 0) is 24.1 Å². The van der Waals surface area contributed by atoms with Gasteiger partial charge in [0, 0.05) is 11.1 Å². The Balaban J connectivity index is 3.17. The number of halogens is 1. The SMILES string of the molecule is CC[C@@H](N)[C@@H](c1ccc(Cl)cc1)S(=O)(=O)O. The minimum absolute atomic E-state index is 0.446. The van der Waals surface area contributed by atoms with Crippen LogP contribution in [0.15, 0.2) is 24.3 Å². The van der Waals surface area contributed by atoms with Crippen molar-refractivity contribution in [1.82, 2.24) is 0 Å². The molecule has 90 valence electrons. The van der Waals surface area contributed by atoms with E-state index in [2.05, 4.69) is 0 Å². The molecule has 0 radical (unpaired) electrons. The molecule has 3 N–H and O–H groups in total. The Morgan fingerprint density at radius 2 is 1.88 bits per heavy atom. The van der Waals surface area contributed by atoms with Gasteiger partial charge in [0.2, 0.25) is 0 Å². The second kappa shape index (κ2) is 5.14. The van der Waals surface area contributed by atoms with Crippen molar-refractivity contribution in [3.63, 3.8) is 0 Å². The number of hydrogen-bond acceptors (Lipinski definition) is 3. The zero-order valence-electron chi connectivity index (χ0n) is 8.80. The van der Waals surface area contributed by atoms with E-state index in [-0.39, 0.29) is 0 Å². The van der Waals surface area contributed by atoms with Crippen LogP contribution in [0, 0.1) is 0 Å². The van der Waals surface area contributed by atoms with E-state index in [0.717, 1.165) is 0 Å². The predicted molar refractivity (Wildman–Crippen MR) is 64.0 cm³/mol. The molecule has 0 aromatic heterocycles. The zero-order valence-corrected chi connectivity index (χ0v) is 10.4. The van der Waals surface area contributed by atoms with Gasteiger partial charge in [0.25, 0.3) is 10.1 Å². The molecule has 0 saturated carbocycles. The van der Waals surface area contributed by atoms with Crippen LogP contribution in [0.5, 0.6) is 0 Å². The highest BCUT2D eigenvalue weighted by atomic mass is 35.5. The molecular formula is C10H14ClNO3S. The maximum atomic E-state index is 11.3. The molecule has 1 aromatic rings. The predicted octanol–water partition coefficient (Wildman–Crippen LogP) is 2.01. The van der Waals surface area contributed by atoms with Gasteiger partial charge in [-0.3, -0.25) is 4.55 Å². The molecule has 0 spiro atoms. The van der Waals surface area contributed by atoms with E-state index in [1.165, 1.54) is 0 Å². The number of hydrogen-bond donors (Lipinski definition) is 2. The summed E-state index contributed by atoms with van der Waals surface area (Å²) in [6.07, 6.45) is 0.451. The van der Waals surface area contributed by atoms with Crippen LogP contribution in [-0.2, 0) is 10.1 Å². The maximum Gasteiger partial charge on any atom is 0.273 e. The first-order chi connectivity index (χ1) is 7.36. The van der Waals surface area contributed by atoms with Crippen LogP contribution < -0.4 is 5.73 Å². The molecule has 0 aliphatic rings. The van der Waals surface area contributed by atoms with E-state index in [1.807, 2.05) is 0 Å². The average molecular weight is 264 g/mol. The third-order valence-corrected chi connectivity index (χ3v) is 3.90. The van der Waals surface area contributed by atoms with Crippen molar-refractivity contribution in [3.8, 4) is 0 Å². The van der Waals surface area contributed by atoms with Crippen molar-refractivity contribution < 1.29 is 13.0 Å². The van der Waals surface area contributed by atoms with Crippen molar-refractivity contribution in [3.05, 3.63) is 34.9 Å². The molecule has 0 amide bonds. The topological polar surface area (TPSA) is 80.4 Å². The fraction of sp³-hybridized carbons (Fsp3) is 0.400. The number of rotatable bonds is 4. The molecule has 0 saturated heterocycles. The molecule has 0 unspecified atom stereocenters. The molecule has 1 rings (SSSR count). The number of nitrogens with two attached hydrogens (primary N) is 1. The molecule has 4 nitrogen and oxygen atoms in total. The smallest absolute Gasteiger partial charge is 0.273 e. The van der Waals surface area contributed by atoms with Crippen LogP contribution in [0.4, 0.5) is 0 Å². The summed E-state index contributed by atoms with van der Waals surface area (Å²) < 4.78 is 31.7. The largest absolute Gasteiger partial charge is 0.326 e. The second-order valence-corrected chi connectivity index (χ2v) is 5.53. The van der Waals surface area contributed by atoms with Crippen LogP contribution in [0.1, 0.15) is 24.2 Å². The van der Waals surface area contributed by atoms with Crippen LogP contribution in [0.25, 0.3) is 0 Å². The lowest BCUT2D eigenvalue weighted by molar-refractivity contribution is 0.451. The van der Waals surface area contributed by atoms with Crippen LogP contribution in [-0.4, -0.2) is 19.0 Å². The highest BCUT2D eigenvalue weighted by Crippen LogP contribution is 2.26. The van der Waals surface area contributed by atoms with Crippen molar-refractivity contribution in [2.45, 2.75) is 24.6 Å². The monoisotopic (exact) mass is 263 g/mol. The fourth-order valence-electron chi connectivity index (χ4n) is 1.51. The summed E-state index contributed by atoms with van der Waals surface area (Å²) in [6, 6.07) is 5.60. The molecule has 0 fully saturated rings. The van der Waals surface area contributed by atoms with Crippen molar-refractivity contribution in [2.24, 2.45) is 5.73 Å². The molecule has 1 aromatic carbocycles. The van der Waals surface area contributed by atoms with E-state index in [1.54, 1.807) is 31.2 Å². The Labute approximate surface area is 100 Å². The normalized spacial score (nSPS) is 15.8. The van der Waals surface area contributed by atoms with E-state index < -0.39 is 21.4 Å². The van der Waals surface area contributed by atoms with Crippen molar-refractivity contribution in [1.29, 1.82) is 0 Å².